The Hall–Kier alpha value is -1.75. The molecule has 7 heteroatoms. The lowest BCUT2D eigenvalue weighted by molar-refractivity contribution is 0.0955. The van der Waals surface area contributed by atoms with Crippen molar-refractivity contribution in [1.82, 2.24) is 5.43 Å². The predicted molar refractivity (Wildman–Crippen MR) is 89.5 cm³/mol. The zero-order valence-electron chi connectivity index (χ0n) is 11.4. The van der Waals surface area contributed by atoms with Crippen molar-refractivity contribution < 1.29 is 9.53 Å². The van der Waals surface area contributed by atoms with E-state index >= 15 is 0 Å². The molecular formula is C15H11Cl3N2O2. The van der Waals surface area contributed by atoms with Crippen molar-refractivity contribution in [3.05, 3.63) is 62.6 Å². The molecule has 1 amide bonds. The van der Waals surface area contributed by atoms with Crippen LogP contribution >= 0.6 is 34.8 Å². The van der Waals surface area contributed by atoms with Gasteiger partial charge in [0.2, 0.25) is 0 Å². The number of ether oxygens (including phenoxy) is 1. The Morgan fingerprint density at radius 1 is 1.14 bits per heavy atom. The van der Waals surface area contributed by atoms with Crippen LogP contribution in [0.4, 0.5) is 0 Å². The second kappa shape index (κ2) is 7.49. The Labute approximate surface area is 142 Å². The predicted octanol–water partition coefficient (Wildman–Crippen LogP) is 4.42. The van der Waals surface area contributed by atoms with E-state index in [0.717, 1.165) is 0 Å². The van der Waals surface area contributed by atoms with Crippen LogP contribution in [0, 0.1) is 0 Å². The van der Waals surface area contributed by atoms with E-state index in [2.05, 4.69) is 10.5 Å². The van der Waals surface area contributed by atoms with E-state index in [0.29, 0.717) is 31.9 Å². The van der Waals surface area contributed by atoms with Crippen molar-refractivity contribution in [1.29, 1.82) is 0 Å². The summed E-state index contributed by atoms with van der Waals surface area (Å²) in [6.45, 7) is 0. The maximum Gasteiger partial charge on any atom is 0.272 e. The van der Waals surface area contributed by atoms with Gasteiger partial charge in [-0.15, -0.1) is 0 Å². The lowest BCUT2D eigenvalue weighted by Gasteiger charge is -2.07. The maximum atomic E-state index is 11.9. The summed E-state index contributed by atoms with van der Waals surface area (Å²) in [6, 6.07) is 9.93. The summed E-state index contributed by atoms with van der Waals surface area (Å²) < 4.78 is 5.10. The van der Waals surface area contributed by atoms with Crippen LogP contribution in [-0.4, -0.2) is 19.2 Å². The zero-order chi connectivity index (χ0) is 16.1. The molecule has 0 atom stereocenters. The number of methoxy groups -OCH3 is 1. The van der Waals surface area contributed by atoms with Gasteiger partial charge in [-0.25, -0.2) is 5.43 Å². The monoisotopic (exact) mass is 356 g/mol. The largest absolute Gasteiger partial charge is 0.495 e. The van der Waals surface area contributed by atoms with Crippen molar-refractivity contribution in [2.24, 2.45) is 5.10 Å². The van der Waals surface area contributed by atoms with Crippen LogP contribution in [0.1, 0.15) is 15.9 Å². The number of nitrogens with one attached hydrogen (secondary N) is 1. The van der Waals surface area contributed by atoms with E-state index in [-0.39, 0.29) is 0 Å². The molecule has 0 radical (unpaired) electrons. The van der Waals surface area contributed by atoms with Crippen LogP contribution in [0.15, 0.2) is 41.5 Å². The number of benzene rings is 2. The zero-order valence-corrected chi connectivity index (χ0v) is 13.7. The lowest BCUT2D eigenvalue weighted by atomic mass is 10.2. The van der Waals surface area contributed by atoms with Gasteiger partial charge in [-0.3, -0.25) is 4.79 Å². The van der Waals surface area contributed by atoms with E-state index in [1.165, 1.54) is 13.3 Å². The minimum absolute atomic E-state index is 0.311. The molecule has 22 heavy (non-hydrogen) atoms. The summed E-state index contributed by atoms with van der Waals surface area (Å²) in [5.41, 5.74) is 3.14. The molecule has 0 heterocycles. The number of amides is 1. The summed E-state index contributed by atoms with van der Waals surface area (Å²) in [5.74, 6) is 0.0296. The van der Waals surface area contributed by atoms with Crippen LogP contribution < -0.4 is 10.2 Å². The van der Waals surface area contributed by atoms with Gasteiger partial charge in [0.1, 0.15) is 5.75 Å². The molecular weight excluding hydrogens is 347 g/mol. The fourth-order valence-corrected chi connectivity index (χ4v) is 2.45. The third-order valence-corrected chi connectivity index (χ3v) is 3.84. The van der Waals surface area contributed by atoms with Crippen LogP contribution in [-0.2, 0) is 0 Å². The first-order valence-corrected chi connectivity index (χ1v) is 7.28. The van der Waals surface area contributed by atoms with Gasteiger partial charge in [-0.2, -0.15) is 5.10 Å². The molecule has 2 rings (SSSR count). The molecule has 0 aliphatic heterocycles. The summed E-state index contributed by atoms with van der Waals surface area (Å²) in [5, 5.41) is 4.89. The molecule has 2 aromatic rings. The molecule has 0 aliphatic carbocycles. The first kappa shape index (κ1) is 16.6. The van der Waals surface area contributed by atoms with Gasteiger partial charge < -0.3 is 4.74 Å². The van der Waals surface area contributed by atoms with E-state index in [4.69, 9.17) is 39.5 Å². The van der Waals surface area contributed by atoms with Crippen molar-refractivity contribution in [2.45, 2.75) is 0 Å². The Morgan fingerprint density at radius 2 is 1.86 bits per heavy atom. The normalized spacial score (nSPS) is 10.7. The van der Waals surface area contributed by atoms with Crippen LogP contribution in [0.3, 0.4) is 0 Å². The standard InChI is InChI=1S/C15H11Cl3N2O2/c1-22-13-7-6-12(17)10(14(13)18)8-19-20-15(21)9-4-2-3-5-11(9)16/h2-8H,1H3,(H,20,21)/b19-8+. The highest BCUT2D eigenvalue weighted by molar-refractivity contribution is 6.39. The fraction of sp³-hybridized carbons (Fsp3) is 0.0667. The Kier molecular flexibility index (Phi) is 5.66. The molecule has 0 saturated carbocycles. The summed E-state index contributed by atoms with van der Waals surface area (Å²) in [6.07, 6.45) is 1.35. The highest BCUT2D eigenvalue weighted by atomic mass is 35.5. The van der Waals surface area contributed by atoms with Gasteiger partial charge in [0.05, 0.1) is 34.0 Å². The van der Waals surface area contributed by atoms with E-state index in [9.17, 15) is 4.79 Å². The van der Waals surface area contributed by atoms with Crippen molar-refractivity contribution in [2.75, 3.05) is 7.11 Å². The second-order valence-electron chi connectivity index (χ2n) is 4.16. The molecule has 0 spiro atoms. The second-order valence-corrected chi connectivity index (χ2v) is 5.35. The van der Waals surface area contributed by atoms with Gasteiger partial charge in [-0.05, 0) is 24.3 Å². The van der Waals surface area contributed by atoms with Gasteiger partial charge in [0.15, 0.2) is 0 Å². The van der Waals surface area contributed by atoms with E-state index in [1.54, 1.807) is 36.4 Å². The number of carbonyl (C=O) groups excluding carboxylic acids is 1. The smallest absolute Gasteiger partial charge is 0.272 e. The number of hydrogen-bond donors (Lipinski definition) is 1. The average Bonchev–Trinajstić information content (AvgIpc) is 2.51. The Morgan fingerprint density at radius 3 is 2.55 bits per heavy atom. The Balaban J connectivity index is 2.17. The number of halogens is 3. The number of nitrogens with zero attached hydrogens (tertiary/aromatic N) is 1. The minimum Gasteiger partial charge on any atom is -0.495 e. The van der Waals surface area contributed by atoms with Gasteiger partial charge in [0, 0.05) is 5.56 Å². The molecule has 0 saturated heterocycles. The highest BCUT2D eigenvalue weighted by Crippen LogP contribution is 2.31. The van der Waals surface area contributed by atoms with Gasteiger partial charge in [-0.1, -0.05) is 46.9 Å². The summed E-state index contributed by atoms with van der Waals surface area (Å²) in [7, 11) is 1.50. The molecule has 0 bridgehead atoms. The van der Waals surface area contributed by atoms with Gasteiger partial charge in [0.25, 0.3) is 5.91 Å². The van der Waals surface area contributed by atoms with E-state index < -0.39 is 5.91 Å². The lowest BCUT2D eigenvalue weighted by Crippen LogP contribution is -2.18. The number of hydrogen-bond acceptors (Lipinski definition) is 3. The molecule has 0 fully saturated rings. The summed E-state index contributed by atoms with van der Waals surface area (Å²) >= 11 is 18.1. The van der Waals surface area contributed by atoms with Crippen molar-refractivity contribution >= 4 is 46.9 Å². The molecule has 2 aromatic carbocycles. The number of hydrazone groups is 1. The maximum absolute atomic E-state index is 11.9. The Bertz CT molecular complexity index is 733. The SMILES string of the molecule is COc1ccc(Cl)c(/C=N/NC(=O)c2ccccc2Cl)c1Cl. The number of rotatable bonds is 4. The molecule has 1 N–H and O–H groups in total. The molecule has 114 valence electrons. The fourth-order valence-electron chi connectivity index (χ4n) is 1.69. The third kappa shape index (κ3) is 3.71. The molecule has 4 nitrogen and oxygen atoms in total. The number of carbonyl (C=O) groups is 1. The first-order chi connectivity index (χ1) is 10.5. The average molecular weight is 358 g/mol. The van der Waals surface area contributed by atoms with Gasteiger partial charge >= 0.3 is 0 Å². The van der Waals surface area contributed by atoms with Crippen LogP contribution in [0.25, 0.3) is 0 Å². The molecule has 0 unspecified atom stereocenters. The summed E-state index contributed by atoms with van der Waals surface area (Å²) in [4.78, 5) is 11.9. The molecule has 0 aromatic heterocycles. The quantitative estimate of drug-likeness (QED) is 0.650. The van der Waals surface area contributed by atoms with Crippen LogP contribution in [0.2, 0.25) is 15.1 Å². The van der Waals surface area contributed by atoms with E-state index in [1.807, 2.05) is 0 Å². The third-order valence-electron chi connectivity index (χ3n) is 2.79. The molecule has 0 aliphatic rings. The highest BCUT2D eigenvalue weighted by Gasteiger charge is 2.11. The van der Waals surface area contributed by atoms with Crippen molar-refractivity contribution in [3.63, 3.8) is 0 Å². The van der Waals surface area contributed by atoms with Crippen molar-refractivity contribution in [3.8, 4) is 5.75 Å². The first-order valence-electron chi connectivity index (χ1n) is 6.14. The van der Waals surface area contributed by atoms with Crippen LogP contribution in [0.5, 0.6) is 5.75 Å². The topological polar surface area (TPSA) is 50.7 Å². The minimum atomic E-state index is -0.433.